The molecule has 1 aromatic heterocycles. The number of oxime groups is 1. The van der Waals surface area contributed by atoms with Crippen molar-refractivity contribution >= 4 is 34.7 Å². The third-order valence-electron chi connectivity index (χ3n) is 2.26. The zero-order chi connectivity index (χ0) is 12.3. The van der Waals surface area contributed by atoms with E-state index >= 15 is 0 Å². The number of hydrogen-bond donors (Lipinski definition) is 2. The van der Waals surface area contributed by atoms with Gasteiger partial charge >= 0.3 is 0 Å². The number of hydrogen-bond acceptors (Lipinski definition) is 4. The molecule has 1 amide bonds. The van der Waals surface area contributed by atoms with E-state index in [1.165, 1.54) is 16.2 Å². The Morgan fingerprint density at radius 3 is 2.81 bits per heavy atom. The van der Waals surface area contributed by atoms with Crippen LogP contribution in [0.3, 0.4) is 0 Å². The summed E-state index contributed by atoms with van der Waals surface area (Å²) in [5, 5.41) is 13.5. The van der Waals surface area contributed by atoms with Gasteiger partial charge in [-0.2, -0.15) is 0 Å². The van der Waals surface area contributed by atoms with Crippen LogP contribution in [0.15, 0.2) is 16.6 Å². The predicted molar refractivity (Wildman–Crippen MR) is 64.3 cm³/mol. The highest BCUT2D eigenvalue weighted by Gasteiger charge is 2.23. The second-order valence-corrected chi connectivity index (χ2v) is 4.54. The lowest BCUT2D eigenvalue weighted by Crippen LogP contribution is -2.43. The minimum atomic E-state index is -0.490. The molecule has 1 aromatic rings. The highest BCUT2D eigenvalue weighted by Crippen LogP contribution is 2.23. The van der Waals surface area contributed by atoms with Crippen molar-refractivity contribution in [2.45, 2.75) is 13.0 Å². The Hall–Kier alpha value is -1.27. The quantitative estimate of drug-likeness (QED) is 0.375. The van der Waals surface area contributed by atoms with Crippen LogP contribution < -0.4 is 5.73 Å². The number of carbonyl (C=O) groups excluding carboxylic acids is 1. The van der Waals surface area contributed by atoms with E-state index in [1.807, 2.05) is 0 Å². The molecule has 1 unspecified atom stereocenters. The Morgan fingerprint density at radius 2 is 2.38 bits per heavy atom. The van der Waals surface area contributed by atoms with Crippen molar-refractivity contribution in [2.24, 2.45) is 10.9 Å². The van der Waals surface area contributed by atoms with Gasteiger partial charge < -0.3 is 15.8 Å². The lowest BCUT2D eigenvalue weighted by molar-refractivity contribution is 0.0781. The monoisotopic (exact) mass is 261 g/mol. The first-order chi connectivity index (χ1) is 7.49. The van der Waals surface area contributed by atoms with E-state index in [4.69, 9.17) is 22.5 Å². The van der Waals surface area contributed by atoms with Gasteiger partial charge in [0.25, 0.3) is 5.91 Å². The molecule has 0 aliphatic rings. The lowest BCUT2D eigenvalue weighted by atomic mass is 10.2. The van der Waals surface area contributed by atoms with Gasteiger partial charge in [-0.25, -0.2) is 0 Å². The zero-order valence-electron chi connectivity index (χ0n) is 8.85. The molecule has 0 aromatic carbocycles. The molecule has 0 radical (unpaired) electrons. The summed E-state index contributed by atoms with van der Waals surface area (Å²) in [6.45, 7) is 1.66. The smallest absolute Gasteiger partial charge is 0.265 e. The fourth-order valence-electron chi connectivity index (χ4n) is 1.06. The molecule has 0 saturated carbocycles. The minimum absolute atomic E-state index is 0.0245. The van der Waals surface area contributed by atoms with Gasteiger partial charge in [0.05, 0.1) is 11.1 Å². The van der Waals surface area contributed by atoms with E-state index in [2.05, 4.69) is 5.16 Å². The summed E-state index contributed by atoms with van der Waals surface area (Å²) in [6, 6.07) is 1.16. The van der Waals surface area contributed by atoms with Crippen molar-refractivity contribution in [1.29, 1.82) is 0 Å². The van der Waals surface area contributed by atoms with Gasteiger partial charge in [-0.1, -0.05) is 16.8 Å². The van der Waals surface area contributed by atoms with Gasteiger partial charge in [0.1, 0.15) is 4.88 Å². The van der Waals surface area contributed by atoms with Crippen LogP contribution in [0.25, 0.3) is 0 Å². The maximum Gasteiger partial charge on any atom is 0.265 e. The number of nitrogens with zero attached hydrogens (tertiary/aromatic N) is 2. The summed E-state index contributed by atoms with van der Waals surface area (Å²) < 4.78 is 0. The summed E-state index contributed by atoms with van der Waals surface area (Å²) in [5.41, 5.74) is 5.42. The van der Waals surface area contributed by atoms with Crippen LogP contribution in [0.4, 0.5) is 0 Å². The number of thiophene rings is 1. The van der Waals surface area contributed by atoms with Crippen molar-refractivity contribution < 1.29 is 10.0 Å². The number of rotatable bonds is 3. The van der Waals surface area contributed by atoms with Crippen molar-refractivity contribution in [2.75, 3.05) is 7.05 Å². The van der Waals surface area contributed by atoms with Crippen molar-refractivity contribution in [1.82, 2.24) is 4.90 Å². The molecule has 0 aliphatic carbocycles. The third-order valence-corrected chi connectivity index (χ3v) is 3.59. The Balaban J connectivity index is 2.87. The summed E-state index contributed by atoms with van der Waals surface area (Å²) in [7, 11) is 1.57. The summed E-state index contributed by atoms with van der Waals surface area (Å²) in [5.74, 6) is -0.275. The fraction of sp³-hybridized carbons (Fsp3) is 0.333. The molecular weight excluding hydrogens is 250 g/mol. The SMILES string of the molecule is CC(/C(N)=N/O)N(C)C(=O)c1sccc1Cl. The number of carbonyl (C=O) groups is 1. The molecule has 0 bridgehead atoms. The van der Waals surface area contributed by atoms with Crippen LogP contribution in [0, 0.1) is 0 Å². The third kappa shape index (κ3) is 2.45. The summed E-state index contributed by atoms with van der Waals surface area (Å²) in [4.78, 5) is 13.8. The normalized spacial score (nSPS) is 13.6. The molecule has 1 atom stereocenters. The molecule has 7 heteroatoms. The molecular formula is C9H12ClN3O2S. The first-order valence-electron chi connectivity index (χ1n) is 4.46. The molecule has 1 heterocycles. The van der Waals surface area contributed by atoms with Gasteiger partial charge in [0.2, 0.25) is 0 Å². The molecule has 88 valence electrons. The number of amides is 1. The summed E-state index contributed by atoms with van der Waals surface area (Å²) >= 11 is 7.11. The van der Waals surface area contributed by atoms with Gasteiger partial charge in [0, 0.05) is 7.05 Å². The molecule has 1 rings (SSSR count). The summed E-state index contributed by atoms with van der Waals surface area (Å²) in [6.07, 6.45) is 0. The second kappa shape index (κ2) is 5.18. The Morgan fingerprint density at radius 1 is 1.75 bits per heavy atom. The molecule has 16 heavy (non-hydrogen) atoms. The molecule has 0 saturated heterocycles. The number of nitrogens with two attached hydrogens (primary N) is 1. The van der Waals surface area contributed by atoms with Crippen molar-refractivity contribution in [3.63, 3.8) is 0 Å². The molecule has 5 nitrogen and oxygen atoms in total. The highest BCUT2D eigenvalue weighted by atomic mass is 35.5. The maximum absolute atomic E-state index is 11.9. The van der Waals surface area contributed by atoms with Gasteiger partial charge in [0.15, 0.2) is 5.84 Å². The van der Waals surface area contributed by atoms with E-state index in [9.17, 15) is 4.79 Å². The average molecular weight is 262 g/mol. The van der Waals surface area contributed by atoms with Gasteiger partial charge in [-0.15, -0.1) is 11.3 Å². The number of halogens is 1. The average Bonchev–Trinajstić information content (AvgIpc) is 2.71. The van der Waals surface area contributed by atoms with E-state index in [-0.39, 0.29) is 11.7 Å². The Kier molecular flexibility index (Phi) is 4.14. The van der Waals surface area contributed by atoms with Crippen LogP contribution in [0.2, 0.25) is 5.02 Å². The highest BCUT2D eigenvalue weighted by molar-refractivity contribution is 7.12. The van der Waals surface area contributed by atoms with E-state index < -0.39 is 6.04 Å². The largest absolute Gasteiger partial charge is 0.409 e. The molecule has 3 N–H and O–H groups in total. The van der Waals surface area contributed by atoms with Crippen LogP contribution >= 0.6 is 22.9 Å². The van der Waals surface area contributed by atoms with Crippen LogP contribution in [-0.2, 0) is 0 Å². The standard InChI is InChI=1S/C9H12ClN3O2S/c1-5(8(11)12-15)13(2)9(14)7-6(10)3-4-16-7/h3-5,15H,1-2H3,(H2,11,12). The molecule has 0 spiro atoms. The number of likely N-dealkylation sites (N-methyl/N-ethyl adjacent to an activating group) is 1. The Bertz CT molecular complexity index is 419. The maximum atomic E-state index is 11.9. The fourth-order valence-corrected chi connectivity index (χ4v) is 2.18. The predicted octanol–water partition coefficient (Wildman–Crippen LogP) is 1.61. The molecule has 0 fully saturated rings. The van der Waals surface area contributed by atoms with Gasteiger partial charge in [-0.3, -0.25) is 4.79 Å². The first-order valence-corrected chi connectivity index (χ1v) is 5.72. The number of amidine groups is 1. The Labute approximate surface area is 102 Å². The van der Waals surface area contributed by atoms with Crippen LogP contribution in [0.1, 0.15) is 16.6 Å². The van der Waals surface area contributed by atoms with Crippen LogP contribution in [0.5, 0.6) is 0 Å². The van der Waals surface area contributed by atoms with Crippen molar-refractivity contribution in [3.8, 4) is 0 Å². The second-order valence-electron chi connectivity index (χ2n) is 3.21. The van der Waals surface area contributed by atoms with E-state index in [1.54, 1.807) is 25.4 Å². The van der Waals surface area contributed by atoms with Crippen LogP contribution in [-0.4, -0.2) is 34.9 Å². The van der Waals surface area contributed by atoms with Crippen molar-refractivity contribution in [3.05, 3.63) is 21.3 Å². The van der Waals surface area contributed by atoms with E-state index in [0.717, 1.165) is 0 Å². The first kappa shape index (κ1) is 12.8. The minimum Gasteiger partial charge on any atom is -0.409 e. The van der Waals surface area contributed by atoms with Gasteiger partial charge in [-0.05, 0) is 18.4 Å². The lowest BCUT2D eigenvalue weighted by Gasteiger charge is -2.23. The topological polar surface area (TPSA) is 78.9 Å². The zero-order valence-corrected chi connectivity index (χ0v) is 10.4. The van der Waals surface area contributed by atoms with E-state index in [0.29, 0.717) is 9.90 Å². The molecule has 0 aliphatic heterocycles.